The summed E-state index contributed by atoms with van der Waals surface area (Å²) in [5, 5.41) is 4.22. The molecule has 14 heavy (non-hydrogen) atoms. The first-order valence-corrected chi connectivity index (χ1v) is 5.70. The number of aryl methyl sites for hydroxylation is 1. The van der Waals surface area contributed by atoms with Crippen LogP contribution in [-0.2, 0) is 12.8 Å². The molecule has 0 radical (unpaired) electrons. The predicted molar refractivity (Wildman–Crippen MR) is 60.8 cm³/mol. The van der Waals surface area contributed by atoms with Crippen molar-refractivity contribution in [3.8, 4) is 0 Å². The minimum Gasteiger partial charge on any atom is -0.358 e. The van der Waals surface area contributed by atoms with Crippen LogP contribution >= 0.6 is 11.3 Å². The van der Waals surface area contributed by atoms with Gasteiger partial charge in [-0.3, -0.25) is 0 Å². The van der Waals surface area contributed by atoms with Gasteiger partial charge >= 0.3 is 0 Å². The quantitative estimate of drug-likeness (QED) is 0.743. The van der Waals surface area contributed by atoms with Crippen molar-refractivity contribution < 1.29 is 0 Å². The Hall–Kier alpha value is -0.870. The van der Waals surface area contributed by atoms with E-state index in [4.69, 9.17) is 5.73 Å². The van der Waals surface area contributed by atoms with Crippen LogP contribution in [0.1, 0.15) is 17.0 Å². The van der Waals surface area contributed by atoms with Crippen LogP contribution in [-0.4, -0.2) is 17.6 Å². The molecular formula is C10H15N3S. The predicted octanol–water partition coefficient (Wildman–Crippen LogP) is 1.56. The van der Waals surface area contributed by atoms with E-state index in [0.29, 0.717) is 6.04 Å². The van der Waals surface area contributed by atoms with Crippen LogP contribution in [0.25, 0.3) is 0 Å². The largest absolute Gasteiger partial charge is 0.358 e. The molecule has 0 saturated heterocycles. The standard InChI is InChI=1S/C10H15N3S/c1-2-5-12-10-13-8-4-3-7(11)6-9(8)14-10/h2,7H,1,3-6,11H2,(H,12,13). The fraction of sp³-hybridized carbons (Fsp3) is 0.500. The highest BCUT2D eigenvalue weighted by Crippen LogP contribution is 2.28. The highest BCUT2D eigenvalue weighted by Gasteiger charge is 2.19. The molecule has 4 heteroatoms. The summed E-state index contributed by atoms with van der Waals surface area (Å²) in [4.78, 5) is 5.88. The van der Waals surface area contributed by atoms with E-state index in [9.17, 15) is 0 Å². The first-order valence-electron chi connectivity index (χ1n) is 4.88. The van der Waals surface area contributed by atoms with Crippen molar-refractivity contribution in [2.45, 2.75) is 25.3 Å². The van der Waals surface area contributed by atoms with Crippen molar-refractivity contribution in [3.05, 3.63) is 23.2 Å². The number of aromatic nitrogens is 1. The summed E-state index contributed by atoms with van der Waals surface area (Å²) in [6.07, 6.45) is 4.93. The number of nitrogens with two attached hydrogens (primary N) is 1. The summed E-state index contributed by atoms with van der Waals surface area (Å²) in [7, 11) is 0. The van der Waals surface area contributed by atoms with Gasteiger partial charge < -0.3 is 11.1 Å². The summed E-state index contributed by atoms with van der Waals surface area (Å²) in [5.41, 5.74) is 7.14. The van der Waals surface area contributed by atoms with Gasteiger partial charge in [0.1, 0.15) is 0 Å². The number of nitrogens with zero attached hydrogens (tertiary/aromatic N) is 1. The minimum absolute atomic E-state index is 0.329. The van der Waals surface area contributed by atoms with Crippen molar-refractivity contribution in [2.75, 3.05) is 11.9 Å². The Morgan fingerprint density at radius 3 is 3.36 bits per heavy atom. The first kappa shape index (κ1) is 9.68. The summed E-state index contributed by atoms with van der Waals surface area (Å²) in [6, 6.07) is 0.329. The van der Waals surface area contributed by atoms with Gasteiger partial charge in [0.25, 0.3) is 0 Å². The highest BCUT2D eigenvalue weighted by atomic mass is 32.1. The van der Waals surface area contributed by atoms with E-state index in [1.54, 1.807) is 11.3 Å². The van der Waals surface area contributed by atoms with Gasteiger partial charge in [0.2, 0.25) is 0 Å². The molecule has 0 spiro atoms. The third kappa shape index (κ3) is 1.96. The van der Waals surface area contributed by atoms with E-state index in [0.717, 1.165) is 30.9 Å². The zero-order chi connectivity index (χ0) is 9.97. The van der Waals surface area contributed by atoms with Gasteiger partial charge in [-0.05, 0) is 19.3 Å². The zero-order valence-electron chi connectivity index (χ0n) is 8.12. The summed E-state index contributed by atoms with van der Waals surface area (Å²) >= 11 is 1.73. The van der Waals surface area contributed by atoms with Crippen molar-refractivity contribution in [2.24, 2.45) is 5.73 Å². The molecule has 3 N–H and O–H groups in total. The van der Waals surface area contributed by atoms with Crippen molar-refractivity contribution in [1.82, 2.24) is 4.98 Å². The first-order chi connectivity index (χ1) is 6.79. The lowest BCUT2D eigenvalue weighted by molar-refractivity contribution is 0.576. The molecule has 0 bridgehead atoms. The molecule has 1 heterocycles. The smallest absolute Gasteiger partial charge is 0.183 e. The number of anilines is 1. The molecule has 1 unspecified atom stereocenters. The molecule has 3 nitrogen and oxygen atoms in total. The fourth-order valence-electron chi connectivity index (χ4n) is 1.64. The molecule has 1 atom stereocenters. The van der Waals surface area contributed by atoms with E-state index in [1.165, 1.54) is 10.6 Å². The number of hydrogen-bond donors (Lipinski definition) is 2. The molecule has 1 aromatic heterocycles. The van der Waals surface area contributed by atoms with Crippen LogP contribution in [0.3, 0.4) is 0 Å². The van der Waals surface area contributed by atoms with Crippen LogP contribution in [0.2, 0.25) is 0 Å². The van der Waals surface area contributed by atoms with Gasteiger partial charge in [-0.1, -0.05) is 6.08 Å². The third-order valence-corrected chi connectivity index (χ3v) is 3.45. The Balaban J connectivity index is 2.11. The van der Waals surface area contributed by atoms with Gasteiger partial charge in [0, 0.05) is 17.5 Å². The number of hydrogen-bond acceptors (Lipinski definition) is 4. The summed E-state index contributed by atoms with van der Waals surface area (Å²) in [6.45, 7) is 4.44. The monoisotopic (exact) mass is 209 g/mol. The Labute approximate surface area is 88.0 Å². The molecule has 0 aromatic carbocycles. The lowest BCUT2D eigenvalue weighted by Gasteiger charge is -2.15. The molecule has 76 valence electrons. The lowest BCUT2D eigenvalue weighted by Crippen LogP contribution is -2.26. The molecular weight excluding hydrogens is 194 g/mol. The summed E-state index contributed by atoms with van der Waals surface area (Å²) < 4.78 is 0. The number of nitrogens with one attached hydrogen (secondary N) is 1. The van der Waals surface area contributed by atoms with Gasteiger partial charge in [-0.15, -0.1) is 17.9 Å². The summed E-state index contributed by atoms with van der Waals surface area (Å²) in [5.74, 6) is 0. The minimum atomic E-state index is 0.329. The van der Waals surface area contributed by atoms with E-state index in [-0.39, 0.29) is 0 Å². The Kier molecular flexibility index (Phi) is 2.84. The zero-order valence-corrected chi connectivity index (χ0v) is 8.94. The Morgan fingerprint density at radius 1 is 1.71 bits per heavy atom. The maximum absolute atomic E-state index is 5.90. The van der Waals surface area contributed by atoms with Gasteiger partial charge in [-0.25, -0.2) is 4.98 Å². The van der Waals surface area contributed by atoms with E-state index < -0.39 is 0 Å². The second-order valence-corrected chi connectivity index (χ2v) is 4.64. The molecule has 0 amide bonds. The number of thiazole rings is 1. The topological polar surface area (TPSA) is 50.9 Å². The normalized spacial score (nSPS) is 20.2. The molecule has 0 aliphatic heterocycles. The van der Waals surface area contributed by atoms with Crippen molar-refractivity contribution in [3.63, 3.8) is 0 Å². The lowest BCUT2D eigenvalue weighted by atomic mass is 9.99. The second kappa shape index (κ2) is 4.11. The Morgan fingerprint density at radius 2 is 2.57 bits per heavy atom. The van der Waals surface area contributed by atoms with Crippen LogP contribution in [0.15, 0.2) is 12.7 Å². The van der Waals surface area contributed by atoms with Gasteiger partial charge in [0.05, 0.1) is 5.69 Å². The molecule has 0 fully saturated rings. The van der Waals surface area contributed by atoms with Crippen LogP contribution < -0.4 is 11.1 Å². The molecule has 0 saturated carbocycles. The Bertz CT molecular complexity index is 332. The van der Waals surface area contributed by atoms with Gasteiger partial charge in [-0.2, -0.15) is 0 Å². The van der Waals surface area contributed by atoms with E-state index in [1.807, 2.05) is 6.08 Å². The highest BCUT2D eigenvalue weighted by molar-refractivity contribution is 7.15. The number of rotatable bonds is 3. The van der Waals surface area contributed by atoms with Crippen LogP contribution in [0, 0.1) is 0 Å². The molecule has 1 aliphatic rings. The average Bonchev–Trinajstić information content (AvgIpc) is 2.56. The van der Waals surface area contributed by atoms with Crippen molar-refractivity contribution in [1.29, 1.82) is 0 Å². The molecule has 2 rings (SSSR count). The average molecular weight is 209 g/mol. The van der Waals surface area contributed by atoms with Gasteiger partial charge in [0.15, 0.2) is 5.13 Å². The van der Waals surface area contributed by atoms with Crippen molar-refractivity contribution >= 4 is 16.5 Å². The van der Waals surface area contributed by atoms with Crippen LogP contribution in [0.4, 0.5) is 5.13 Å². The third-order valence-electron chi connectivity index (χ3n) is 2.38. The number of fused-ring (bicyclic) bond motifs is 1. The maximum atomic E-state index is 5.90. The van der Waals surface area contributed by atoms with E-state index in [2.05, 4.69) is 16.9 Å². The molecule has 1 aromatic rings. The van der Waals surface area contributed by atoms with Crippen LogP contribution in [0.5, 0.6) is 0 Å². The van der Waals surface area contributed by atoms with E-state index >= 15 is 0 Å². The fourth-order valence-corrected chi connectivity index (χ4v) is 2.74. The SMILES string of the molecule is C=CCNc1nc2c(s1)CC(N)CC2. The maximum Gasteiger partial charge on any atom is 0.183 e. The molecule has 1 aliphatic carbocycles. The second-order valence-electron chi connectivity index (χ2n) is 3.56.